The Kier molecular flexibility index (Phi) is 7.72. The highest BCUT2D eigenvalue weighted by molar-refractivity contribution is 7.92. The first kappa shape index (κ1) is 27.8. The summed E-state index contributed by atoms with van der Waals surface area (Å²) in [4.78, 5) is 24.7. The second kappa shape index (κ2) is 10.8. The van der Waals surface area contributed by atoms with Crippen molar-refractivity contribution in [3.8, 4) is 5.75 Å². The zero-order valence-corrected chi connectivity index (χ0v) is 22.4. The molecule has 14 heteroatoms. The van der Waals surface area contributed by atoms with Crippen molar-refractivity contribution >= 4 is 49.0 Å². The van der Waals surface area contributed by atoms with E-state index in [0.29, 0.717) is 12.4 Å². The minimum absolute atomic E-state index is 0.0350. The number of amides is 2. The average molecular weight is 573 g/mol. The van der Waals surface area contributed by atoms with Crippen LogP contribution in [0.3, 0.4) is 0 Å². The lowest BCUT2D eigenvalue weighted by Gasteiger charge is -2.24. The molecule has 1 aliphatic rings. The molecule has 3 N–H and O–H groups in total. The van der Waals surface area contributed by atoms with E-state index >= 15 is 0 Å². The largest absolute Gasteiger partial charge is 0.494 e. The third-order valence-electron chi connectivity index (χ3n) is 5.63. The summed E-state index contributed by atoms with van der Waals surface area (Å²) in [5, 5.41) is 6.27. The first-order valence-corrected chi connectivity index (χ1v) is 14.4. The number of carbonyl (C=O) groups excluding carboxylic acids is 2. The summed E-state index contributed by atoms with van der Waals surface area (Å²) in [6.45, 7) is 3.35. The average Bonchev–Trinajstić information content (AvgIpc) is 3.20. The summed E-state index contributed by atoms with van der Waals surface area (Å²) < 4.78 is 65.7. The van der Waals surface area contributed by atoms with Gasteiger partial charge in [0.15, 0.2) is 5.71 Å². The molecule has 0 aliphatic carbocycles. The van der Waals surface area contributed by atoms with Gasteiger partial charge in [-0.05, 0) is 68.4 Å². The molecule has 0 saturated carbocycles. The standard InChI is InChI=1S/C25H24N4O8S2/c1-3-37-18-8-10-19(11-9-18)38(32,33)29(17-6-4-16(2)5-7-17)15-23(30)27-28-24-21-14-20(39(34,35)36)12-13-22(21)26-25(24)31/h4-14H,3,15H2,1-2H3,(H,27,30)(H,26,28,31)(H,34,35,36). The molecular formula is C25H24N4O8S2. The molecule has 0 atom stereocenters. The van der Waals surface area contributed by atoms with Crippen molar-refractivity contribution in [2.24, 2.45) is 5.10 Å². The van der Waals surface area contributed by atoms with Crippen molar-refractivity contribution in [3.05, 3.63) is 77.9 Å². The van der Waals surface area contributed by atoms with E-state index in [1.54, 1.807) is 31.2 Å². The molecule has 0 radical (unpaired) electrons. The number of sulfonamides is 1. The molecule has 204 valence electrons. The monoisotopic (exact) mass is 572 g/mol. The molecule has 3 aromatic carbocycles. The third-order valence-corrected chi connectivity index (χ3v) is 8.27. The molecule has 1 aliphatic heterocycles. The molecule has 3 aromatic rings. The maximum Gasteiger partial charge on any atom is 0.294 e. The molecular weight excluding hydrogens is 548 g/mol. The molecule has 0 bridgehead atoms. The van der Waals surface area contributed by atoms with Crippen LogP contribution < -0.4 is 19.8 Å². The number of rotatable bonds is 9. The zero-order valence-electron chi connectivity index (χ0n) is 20.8. The lowest BCUT2D eigenvalue weighted by Crippen LogP contribution is -2.40. The summed E-state index contributed by atoms with van der Waals surface area (Å²) in [5.41, 5.74) is 3.20. The lowest BCUT2D eigenvalue weighted by molar-refractivity contribution is -0.119. The summed E-state index contributed by atoms with van der Waals surface area (Å²) in [7, 11) is -8.78. The van der Waals surface area contributed by atoms with Crippen molar-refractivity contribution in [3.63, 3.8) is 0 Å². The molecule has 39 heavy (non-hydrogen) atoms. The first-order chi connectivity index (χ1) is 18.4. The number of carbonyl (C=O) groups is 2. The second-order valence-electron chi connectivity index (χ2n) is 8.38. The SMILES string of the molecule is CCOc1ccc(S(=O)(=O)N(CC(=O)NN=C2C(=O)Nc3ccc(S(=O)(=O)O)cc32)c2ccc(C)cc2)cc1. The highest BCUT2D eigenvalue weighted by atomic mass is 32.2. The highest BCUT2D eigenvalue weighted by Crippen LogP contribution is 2.27. The Morgan fingerprint density at radius 2 is 1.64 bits per heavy atom. The van der Waals surface area contributed by atoms with E-state index in [-0.39, 0.29) is 27.5 Å². The Labute approximate surface area is 225 Å². The predicted octanol–water partition coefficient (Wildman–Crippen LogP) is 2.31. The number of hydrogen-bond donors (Lipinski definition) is 3. The van der Waals surface area contributed by atoms with Gasteiger partial charge in [-0.25, -0.2) is 13.8 Å². The van der Waals surface area contributed by atoms with Gasteiger partial charge in [-0.2, -0.15) is 13.5 Å². The topological polar surface area (TPSA) is 172 Å². The van der Waals surface area contributed by atoms with Crippen LogP contribution in [0.2, 0.25) is 0 Å². The first-order valence-electron chi connectivity index (χ1n) is 11.5. The van der Waals surface area contributed by atoms with E-state index in [4.69, 9.17) is 4.74 Å². The van der Waals surface area contributed by atoms with Crippen LogP contribution in [-0.2, 0) is 29.7 Å². The number of aryl methyl sites for hydroxylation is 1. The van der Waals surface area contributed by atoms with Crippen LogP contribution in [0, 0.1) is 6.92 Å². The fraction of sp³-hybridized carbons (Fsp3) is 0.160. The van der Waals surface area contributed by atoms with Crippen LogP contribution >= 0.6 is 0 Å². The Bertz CT molecular complexity index is 1670. The van der Waals surface area contributed by atoms with Gasteiger partial charge in [0.1, 0.15) is 12.3 Å². The van der Waals surface area contributed by atoms with Crippen molar-refractivity contribution in [1.82, 2.24) is 5.43 Å². The Morgan fingerprint density at radius 3 is 2.26 bits per heavy atom. The molecule has 0 spiro atoms. The van der Waals surface area contributed by atoms with Gasteiger partial charge in [0.05, 0.1) is 27.8 Å². The number of ether oxygens (including phenoxy) is 1. The van der Waals surface area contributed by atoms with Crippen LogP contribution in [0.1, 0.15) is 18.1 Å². The Hall–Kier alpha value is -4.27. The van der Waals surface area contributed by atoms with E-state index in [0.717, 1.165) is 22.0 Å². The number of benzene rings is 3. The van der Waals surface area contributed by atoms with Crippen molar-refractivity contribution < 1.29 is 35.7 Å². The molecule has 0 fully saturated rings. The smallest absolute Gasteiger partial charge is 0.294 e. The van der Waals surface area contributed by atoms with Crippen molar-refractivity contribution in [2.75, 3.05) is 22.8 Å². The number of nitrogens with one attached hydrogen (secondary N) is 2. The molecule has 1 heterocycles. The van der Waals surface area contributed by atoms with Crippen LogP contribution in [0.4, 0.5) is 11.4 Å². The number of nitrogens with zero attached hydrogens (tertiary/aromatic N) is 2. The normalized spacial score (nSPS) is 14.0. The van der Waals surface area contributed by atoms with Crippen LogP contribution in [0.25, 0.3) is 0 Å². The van der Waals surface area contributed by atoms with Crippen molar-refractivity contribution in [1.29, 1.82) is 0 Å². The quantitative estimate of drug-likeness (QED) is 0.259. The second-order valence-corrected chi connectivity index (χ2v) is 11.7. The minimum atomic E-state index is -4.56. The van der Waals surface area contributed by atoms with E-state index in [1.165, 1.54) is 30.3 Å². The number of fused-ring (bicyclic) bond motifs is 1. The van der Waals surface area contributed by atoms with Gasteiger partial charge in [0.2, 0.25) is 0 Å². The minimum Gasteiger partial charge on any atom is -0.494 e. The summed E-state index contributed by atoms with van der Waals surface area (Å²) in [6.07, 6.45) is 0. The summed E-state index contributed by atoms with van der Waals surface area (Å²) in [5.74, 6) is -1.11. The summed E-state index contributed by atoms with van der Waals surface area (Å²) in [6, 6.07) is 15.6. The van der Waals surface area contributed by atoms with Gasteiger partial charge in [-0.3, -0.25) is 18.4 Å². The van der Waals surface area contributed by atoms with Crippen LogP contribution in [0.15, 0.2) is 81.6 Å². The maximum absolute atomic E-state index is 13.6. The number of hydrazone groups is 1. The molecule has 0 aromatic heterocycles. The third kappa shape index (κ3) is 6.08. The molecule has 4 rings (SSSR count). The molecule has 2 amide bonds. The maximum atomic E-state index is 13.6. The van der Waals surface area contributed by atoms with Gasteiger partial charge < -0.3 is 10.1 Å². The van der Waals surface area contributed by atoms with Crippen molar-refractivity contribution in [2.45, 2.75) is 23.6 Å². The van der Waals surface area contributed by atoms with Gasteiger partial charge in [-0.1, -0.05) is 17.7 Å². The van der Waals surface area contributed by atoms with Crippen LogP contribution in [-0.4, -0.2) is 52.1 Å². The summed E-state index contributed by atoms with van der Waals surface area (Å²) >= 11 is 0. The number of anilines is 2. The fourth-order valence-electron chi connectivity index (χ4n) is 3.72. The predicted molar refractivity (Wildman–Crippen MR) is 143 cm³/mol. The Morgan fingerprint density at radius 1 is 1.00 bits per heavy atom. The van der Waals surface area contributed by atoms with Gasteiger partial charge in [-0.15, -0.1) is 0 Å². The molecule has 12 nitrogen and oxygen atoms in total. The Balaban J connectivity index is 1.62. The number of hydrogen-bond acceptors (Lipinski definition) is 8. The van der Waals surface area contributed by atoms with E-state index in [1.807, 2.05) is 6.92 Å². The molecule has 0 saturated heterocycles. The van der Waals surface area contributed by atoms with Gasteiger partial charge in [0, 0.05) is 5.56 Å². The van der Waals surface area contributed by atoms with Gasteiger partial charge in [0.25, 0.3) is 32.0 Å². The molecule has 0 unspecified atom stereocenters. The zero-order chi connectivity index (χ0) is 28.4. The van der Waals surface area contributed by atoms with E-state index in [9.17, 15) is 31.0 Å². The van der Waals surface area contributed by atoms with E-state index < -0.39 is 43.4 Å². The van der Waals surface area contributed by atoms with E-state index in [2.05, 4.69) is 15.8 Å². The van der Waals surface area contributed by atoms with Crippen LogP contribution in [0.5, 0.6) is 5.75 Å². The van der Waals surface area contributed by atoms with Gasteiger partial charge >= 0.3 is 0 Å². The fourth-order valence-corrected chi connectivity index (χ4v) is 5.64. The lowest BCUT2D eigenvalue weighted by atomic mass is 10.1. The highest BCUT2D eigenvalue weighted by Gasteiger charge is 2.30.